The summed E-state index contributed by atoms with van der Waals surface area (Å²) in [6.07, 6.45) is 2.82. The van der Waals surface area contributed by atoms with Crippen LogP contribution in [-0.4, -0.2) is 5.78 Å². The fraction of sp³-hybridized carbons (Fsp3) is 0.462. The highest BCUT2D eigenvalue weighted by Gasteiger charge is 2.13. The van der Waals surface area contributed by atoms with Crippen molar-refractivity contribution < 1.29 is 4.79 Å². The van der Waals surface area contributed by atoms with Crippen molar-refractivity contribution >= 4 is 5.78 Å². The van der Waals surface area contributed by atoms with Crippen molar-refractivity contribution in [2.45, 2.75) is 39.0 Å². The fourth-order valence-corrected chi connectivity index (χ4v) is 1.50. The highest BCUT2D eigenvalue weighted by atomic mass is 16.1. The molecular formula is C13H18O. The minimum atomic E-state index is 0.0581. The van der Waals surface area contributed by atoms with E-state index in [0.717, 1.165) is 18.4 Å². The van der Waals surface area contributed by atoms with Crippen LogP contribution < -0.4 is 0 Å². The maximum absolute atomic E-state index is 11.7. The van der Waals surface area contributed by atoms with Gasteiger partial charge >= 0.3 is 0 Å². The first-order valence-electron chi connectivity index (χ1n) is 5.33. The Morgan fingerprint density at radius 1 is 1.29 bits per heavy atom. The van der Waals surface area contributed by atoms with Gasteiger partial charge in [0, 0.05) is 12.3 Å². The second-order valence-corrected chi connectivity index (χ2v) is 3.70. The van der Waals surface area contributed by atoms with Crippen molar-refractivity contribution in [1.82, 2.24) is 0 Å². The van der Waals surface area contributed by atoms with Crippen LogP contribution in [0.3, 0.4) is 0 Å². The summed E-state index contributed by atoms with van der Waals surface area (Å²) in [5, 5.41) is 0. The predicted octanol–water partition coefficient (Wildman–Crippen LogP) is 3.55. The number of rotatable bonds is 5. The molecule has 0 bridgehead atoms. The minimum absolute atomic E-state index is 0.0581. The number of carbonyl (C=O) groups is 1. The largest absolute Gasteiger partial charge is 0.299 e. The highest BCUT2D eigenvalue weighted by molar-refractivity contribution is 5.85. The summed E-state index contributed by atoms with van der Waals surface area (Å²) in [6, 6.07) is 9.99. The second kappa shape index (κ2) is 5.58. The molecule has 0 N–H and O–H groups in total. The minimum Gasteiger partial charge on any atom is -0.299 e. The van der Waals surface area contributed by atoms with Crippen LogP contribution in [0.2, 0.25) is 0 Å². The summed E-state index contributed by atoms with van der Waals surface area (Å²) in [5.41, 5.74) is 1.13. The van der Waals surface area contributed by atoms with Crippen molar-refractivity contribution in [3.63, 3.8) is 0 Å². The second-order valence-electron chi connectivity index (χ2n) is 3.70. The molecule has 0 aliphatic carbocycles. The van der Waals surface area contributed by atoms with E-state index in [1.807, 2.05) is 37.3 Å². The molecule has 1 unspecified atom stereocenters. The molecule has 0 aliphatic heterocycles. The van der Waals surface area contributed by atoms with Crippen molar-refractivity contribution in [2.24, 2.45) is 0 Å². The zero-order chi connectivity index (χ0) is 10.4. The molecule has 0 amide bonds. The number of carbonyl (C=O) groups excluding carboxylic acids is 1. The number of hydrogen-bond donors (Lipinski definition) is 0. The molecule has 1 nitrogen and oxygen atoms in total. The molecule has 1 rings (SSSR count). The standard InChI is InChI=1S/C13H18O/c1-3-4-10-13(14)11(2)12-8-6-5-7-9-12/h5-9,11H,3-4,10H2,1-2H3. The topological polar surface area (TPSA) is 17.1 Å². The van der Waals surface area contributed by atoms with Crippen LogP contribution in [0.5, 0.6) is 0 Å². The van der Waals surface area contributed by atoms with Crippen LogP contribution >= 0.6 is 0 Å². The van der Waals surface area contributed by atoms with Crippen LogP contribution in [-0.2, 0) is 4.79 Å². The number of unbranched alkanes of at least 4 members (excludes halogenated alkanes) is 1. The van der Waals surface area contributed by atoms with Gasteiger partial charge in [-0.15, -0.1) is 0 Å². The smallest absolute Gasteiger partial charge is 0.140 e. The van der Waals surface area contributed by atoms with Gasteiger partial charge in [-0.2, -0.15) is 0 Å². The monoisotopic (exact) mass is 190 g/mol. The van der Waals surface area contributed by atoms with Crippen molar-refractivity contribution in [3.05, 3.63) is 35.9 Å². The summed E-state index contributed by atoms with van der Waals surface area (Å²) in [6.45, 7) is 4.10. The van der Waals surface area contributed by atoms with Gasteiger partial charge in [0.1, 0.15) is 5.78 Å². The Balaban J connectivity index is 2.57. The Hall–Kier alpha value is -1.11. The summed E-state index contributed by atoms with van der Waals surface area (Å²) in [4.78, 5) is 11.7. The Bertz CT molecular complexity index is 277. The Kier molecular flexibility index (Phi) is 4.37. The van der Waals surface area contributed by atoms with E-state index in [1.165, 1.54) is 0 Å². The lowest BCUT2D eigenvalue weighted by Crippen LogP contribution is -2.08. The van der Waals surface area contributed by atoms with E-state index in [-0.39, 0.29) is 5.92 Å². The maximum atomic E-state index is 11.7. The summed E-state index contributed by atoms with van der Waals surface area (Å²) in [7, 11) is 0. The normalized spacial score (nSPS) is 12.4. The molecule has 0 radical (unpaired) electrons. The van der Waals surface area contributed by atoms with E-state index in [9.17, 15) is 4.79 Å². The summed E-state index contributed by atoms with van der Waals surface area (Å²) < 4.78 is 0. The molecule has 1 heteroatoms. The molecule has 1 atom stereocenters. The summed E-state index contributed by atoms with van der Waals surface area (Å²) >= 11 is 0. The average Bonchev–Trinajstić information content (AvgIpc) is 2.26. The van der Waals surface area contributed by atoms with E-state index in [1.54, 1.807) is 0 Å². The van der Waals surface area contributed by atoms with Gasteiger partial charge in [0.05, 0.1) is 0 Å². The van der Waals surface area contributed by atoms with E-state index in [4.69, 9.17) is 0 Å². The van der Waals surface area contributed by atoms with Crippen LogP contribution in [0, 0.1) is 0 Å². The molecule has 0 saturated heterocycles. The van der Waals surface area contributed by atoms with Gasteiger partial charge in [0.25, 0.3) is 0 Å². The molecule has 0 fully saturated rings. The maximum Gasteiger partial charge on any atom is 0.140 e. The van der Waals surface area contributed by atoms with Crippen LogP contribution in [0.4, 0.5) is 0 Å². The van der Waals surface area contributed by atoms with E-state index >= 15 is 0 Å². The van der Waals surface area contributed by atoms with Gasteiger partial charge in [0.2, 0.25) is 0 Å². The number of hydrogen-bond acceptors (Lipinski definition) is 1. The molecular weight excluding hydrogens is 172 g/mol. The highest BCUT2D eigenvalue weighted by Crippen LogP contribution is 2.18. The van der Waals surface area contributed by atoms with Crippen LogP contribution in [0.15, 0.2) is 30.3 Å². The number of benzene rings is 1. The average molecular weight is 190 g/mol. The van der Waals surface area contributed by atoms with Crippen molar-refractivity contribution in [3.8, 4) is 0 Å². The van der Waals surface area contributed by atoms with Crippen LogP contribution in [0.25, 0.3) is 0 Å². The molecule has 0 aliphatic rings. The molecule has 14 heavy (non-hydrogen) atoms. The molecule has 0 aromatic heterocycles. The van der Waals surface area contributed by atoms with Crippen molar-refractivity contribution in [1.29, 1.82) is 0 Å². The molecule has 0 spiro atoms. The van der Waals surface area contributed by atoms with Gasteiger partial charge in [-0.3, -0.25) is 4.79 Å². The molecule has 0 heterocycles. The Morgan fingerprint density at radius 2 is 1.93 bits per heavy atom. The zero-order valence-corrected chi connectivity index (χ0v) is 8.99. The van der Waals surface area contributed by atoms with E-state index < -0.39 is 0 Å². The van der Waals surface area contributed by atoms with E-state index in [2.05, 4.69) is 6.92 Å². The first-order chi connectivity index (χ1) is 6.75. The third-order valence-corrected chi connectivity index (χ3v) is 2.56. The van der Waals surface area contributed by atoms with E-state index in [0.29, 0.717) is 12.2 Å². The fourth-order valence-electron chi connectivity index (χ4n) is 1.50. The molecule has 0 saturated carbocycles. The number of Topliss-reactive ketones (excluding diaryl/α,β-unsaturated/α-hetero) is 1. The number of ketones is 1. The Labute approximate surface area is 86.1 Å². The summed E-state index contributed by atoms with van der Waals surface area (Å²) in [5.74, 6) is 0.417. The lowest BCUT2D eigenvalue weighted by atomic mass is 9.94. The molecule has 1 aromatic carbocycles. The first kappa shape index (κ1) is 11.0. The van der Waals surface area contributed by atoms with Gasteiger partial charge in [-0.25, -0.2) is 0 Å². The predicted molar refractivity (Wildman–Crippen MR) is 59.4 cm³/mol. The SMILES string of the molecule is CCCCC(=O)C(C)c1ccccc1. The third kappa shape index (κ3) is 2.99. The van der Waals surface area contributed by atoms with Gasteiger partial charge < -0.3 is 0 Å². The van der Waals surface area contributed by atoms with Crippen LogP contribution in [0.1, 0.15) is 44.6 Å². The van der Waals surface area contributed by atoms with Gasteiger partial charge in [-0.1, -0.05) is 50.6 Å². The zero-order valence-electron chi connectivity index (χ0n) is 8.99. The van der Waals surface area contributed by atoms with Gasteiger partial charge in [0.15, 0.2) is 0 Å². The first-order valence-corrected chi connectivity index (χ1v) is 5.33. The van der Waals surface area contributed by atoms with Crippen molar-refractivity contribution in [2.75, 3.05) is 0 Å². The molecule has 1 aromatic rings. The quantitative estimate of drug-likeness (QED) is 0.694. The lowest BCUT2D eigenvalue weighted by molar-refractivity contribution is -0.120. The van der Waals surface area contributed by atoms with Gasteiger partial charge in [-0.05, 0) is 12.0 Å². The molecule has 76 valence electrons. The Morgan fingerprint density at radius 3 is 2.50 bits per heavy atom. The third-order valence-electron chi connectivity index (χ3n) is 2.56. The lowest BCUT2D eigenvalue weighted by Gasteiger charge is -2.09.